The van der Waals surface area contributed by atoms with Gasteiger partial charge in [0.2, 0.25) is 10.0 Å². The maximum atomic E-state index is 11.4. The molecule has 0 fully saturated rings. The van der Waals surface area contributed by atoms with Crippen LogP contribution in [0.2, 0.25) is 0 Å². The van der Waals surface area contributed by atoms with Crippen LogP contribution in [0, 0.1) is 0 Å². The van der Waals surface area contributed by atoms with Crippen LogP contribution < -0.4 is 0 Å². The van der Waals surface area contributed by atoms with Crippen LogP contribution in [-0.2, 0) is 16.6 Å². The maximum absolute atomic E-state index is 11.4. The third-order valence-corrected chi connectivity index (χ3v) is 3.07. The monoisotopic (exact) mass is 233 g/mol. The van der Waals surface area contributed by atoms with Crippen molar-refractivity contribution in [3.05, 3.63) is 24.2 Å². The zero-order valence-corrected chi connectivity index (χ0v) is 9.57. The molecule has 0 saturated heterocycles. The molecule has 0 aliphatic heterocycles. The Balaban J connectivity index is 2.74. The number of hydrogen-bond acceptors (Lipinski definition) is 4. The van der Waals surface area contributed by atoms with Crippen LogP contribution in [0.15, 0.2) is 22.8 Å². The molecule has 1 aromatic rings. The Kier molecular flexibility index (Phi) is 3.90. The summed E-state index contributed by atoms with van der Waals surface area (Å²) in [6.45, 7) is 1.76. The van der Waals surface area contributed by atoms with E-state index in [4.69, 9.17) is 4.42 Å². The van der Waals surface area contributed by atoms with Gasteiger partial charge in [-0.1, -0.05) is 0 Å². The van der Waals surface area contributed by atoms with Gasteiger partial charge >= 0.3 is 0 Å². The van der Waals surface area contributed by atoms with Crippen LogP contribution in [0.1, 0.15) is 12.7 Å². The van der Waals surface area contributed by atoms with E-state index < -0.39 is 16.1 Å². The molecule has 0 amide bonds. The van der Waals surface area contributed by atoms with E-state index in [-0.39, 0.29) is 13.1 Å². The largest absolute Gasteiger partial charge is 0.468 e. The highest BCUT2D eigenvalue weighted by Crippen LogP contribution is 2.09. The minimum atomic E-state index is -3.32. The fourth-order valence-electron chi connectivity index (χ4n) is 1.19. The first-order valence-corrected chi connectivity index (χ1v) is 6.40. The number of nitrogens with zero attached hydrogens (tertiary/aromatic N) is 1. The fourth-order valence-corrected chi connectivity index (χ4v) is 2.04. The molecule has 0 aromatic carbocycles. The van der Waals surface area contributed by atoms with Crippen molar-refractivity contribution in [1.29, 1.82) is 0 Å². The van der Waals surface area contributed by atoms with E-state index in [0.717, 1.165) is 6.26 Å². The Morgan fingerprint density at radius 2 is 2.27 bits per heavy atom. The van der Waals surface area contributed by atoms with Crippen LogP contribution in [0.5, 0.6) is 0 Å². The minimum absolute atomic E-state index is 0.0690. The van der Waals surface area contributed by atoms with Gasteiger partial charge in [0.05, 0.1) is 25.2 Å². The lowest BCUT2D eigenvalue weighted by Gasteiger charge is -2.19. The van der Waals surface area contributed by atoms with Gasteiger partial charge in [0.15, 0.2) is 0 Å². The standard InChI is InChI=1S/C9H15NO4S/c1-8(11)6-10(15(2,12)13)7-9-4-3-5-14-9/h3-5,8,11H,6-7H2,1-2H3. The lowest BCUT2D eigenvalue weighted by atomic mass is 10.4. The SMILES string of the molecule is CC(O)CN(Cc1ccco1)S(C)(=O)=O. The first kappa shape index (κ1) is 12.2. The molecule has 1 rings (SSSR count). The van der Waals surface area contributed by atoms with Crippen molar-refractivity contribution in [2.75, 3.05) is 12.8 Å². The van der Waals surface area contributed by atoms with E-state index in [2.05, 4.69) is 0 Å². The van der Waals surface area contributed by atoms with E-state index in [1.807, 2.05) is 0 Å². The van der Waals surface area contributed by atoms with Crippen LogP contribution in [0.25, 0.3) is 0 Å². The summed E-state index contributed by atoms with van der Waals surface area (Å²) in [7, 11) is -3.32. The quantitative estimate of drug-likeness (QED) is 0.800. The van der Waals surface area contributed by atoms with Crippen molar-refractivity contribution in [1.82, 2.24) is 4.31 Å². The van der Waals surface area contributed by atoms with Crippen molar-refractivity contribution in [3.8, 4) is 0 Å². The molecule has 86 valence electrons. The van der Waals surface area contributed by atoms with Crippen molar-refractivity contribution in [2.24, 2.45) is 0 Å². The predicted octanol–water partition coefficient (Wildman–Crippen LogP) is 0.422. The maximum Gasteiger partial charge on any atom is 0.211 e. The average Bonchev–Trinajstić information content (AvgIpc) is 2.53. The fraction of sp³-hybridized carbons (Fsp3) is 0.556. The molecule has 1 aromatic heterocycles. The Morgan fingerprint density at radius 3 is 2.67 bits per heavy atom. The second-order valence-corrected chi connectivity index (χ2v) is 5.47. The molecule has 0 saturated carbocycles. The smallest absolute Gasteiger partial charge is 0.211 e. The summed E-state index contributed by atoms with van der Waals surface area (Å²) in [5.74, 6) is 0.557. The van der Waals surface area contributed by atoms with Gasteiger partial charge in [0.1, 0.15) is 5.76 Å². The van der Waals surface area contributed by atoms with E-state index >= 15 is 0 Å². The summed E-state index contributed by atoms with van der Waals surface area (Å²) in [4.78, 5) is 0. The highest BCUT2D eigenvalue weighted by molar-refractivity contribution is 7.88. The Bertz CT molecular complexity index is 382. The van der Waals surface area contributed by atoms with Gasteiger partial charge in [-0.2, -0.15) is 4.31 Å². The van der Waals surface area contributed by atoms with Gasteiger partial charge in [0, 0.05) is 6.54 Å². The van der Waals surface area contributed by atoms with Crippen molar-refractivity contribution in [3.63, 3.8) is 0 Å². The first-order valence-electron chi connectivity index (χ1n) is 4.55. The number of furan rings is 1. The van der Waals surface area contributed by atoms with Crippen molar-refractivity contribution in [2.45, 2.75) is 19.6 Å². The number of aliphatic hydroxyl groups is 1. The summed E-state index contributed by atoms with van der Waals surface area (Å²) in [5, 5.41) is 9.18. The predicted molar refractivity (Wildman–Crippen MR) is 55.6 cm³/mol. The van der Waals surface area contributed by atoms with Crippen molar-refractivity contribution < 1.29 is 17.9 Å². The molecule has 0 aliphatic rings. The minimum Gasteiger partial charge on any atom is -0.468 e. The zero-order valence-electron chi connectivity index (χ0n) is 8.75. The van der Waals surface area contributed by atoms with E-state index in [9.17, 15) is 13.5 Å². The lowest BCUT2D eigenvalue weighted by Crippen LogP contribution is -2.35. The molecule has 5 nitrogen and oxygen atoms in total. The number of hydrogen-bond donors (Lipinski definition) is 1. The normalized spacial score (nSPS) is 14.4. The van der Waals surface area contributed by atoms with E-state index in [1.54, 1.807) is 19.1 Å². The second kappa shape index (κ2) is 4.78. The third-order valence-electron chi connectivity index (χ3n) is 1.85. The van der Waals surface area contributed by atoms with Gasteiger partial charge in [-0.05, 0) is 19.1 Å². The van der Waals surface area contributed by atoms with Gasteiger partial charge in [-0.3, -0.25) is 0 Å². The average molecular weight is 233 g/mol. The van der Waals surface area contributed by atoms with Crippen LogP contribution in [0.3, 0.4) is 0 Å². The molecule has 0 spiro atoms. The van der Waals surface area contributed by atoms with Crippen LogP contribution >= 0.6 is 0 Å². The molecule has 1 N–H and O–H groups in total. The highest BCUT2D eigenvalue weighted by Gasteiger charge is 2.19. The summed E-state index contributed by atoms with van der Waals surface area (Å²) < 4.78 is 29.0. The molecule has 1 heterocycles. The van der Waals surface area contributed by atoms with Gasteiger partial charge < -0.3 is 9.52 Å². The van der Waals surface area contributed by atoms with Crippen molar-refractivity contribution >= 4 is 10.0 Å². The summed E-state index contributed by atoms with van der Waals surface area (Å²) in [6, 6.07) is 3.39. The van der Waals surface area contributed by atoms with E-state index in [0.29, 0.717) is 5.76 Å². The second-order valence-electron chi connectivity index (χ2n) is 3.48. The molecule has 1 atom stereocenters. The number of rotatable bonds is 5. The molecular weight excluding hydrogens is 218 g/mol. The van der Waals surface area contributed by atoms with Gasteiger partial charge in [-0.15, -0.1) is 0 Å². The van der Waals surface area contributed by atoms with Gasteiger partial charge in [0.25, 0.3) is 0 Å². The molecule has 15 heavy (non-hydrogen) atoms. The Hall–Kier alpha value is -0.850. The summed E-state index contributed by atoms with van der Waals surface area (Å²) in [6.07, 6.45) is 1.89. The number of sulfonamides is 1. The molecular formula is C9H15NO4S. The Morgan fingerprint density at radius 1 is 1.60 bits per heavy atom. The lowest BCUT2D eigenvalue weighted by molar-refractivity contribution is 0.159. The van der Waals surface area contributed by atoms with E-state index in [1.165, 1.54) is 10.6 Å². The zero-order chi connectivity index (χ0) is 11.5. The first-order chi connectivity index (χ1) is 6.89. The molecule has 0 bridgehead atoms. The topological polar surface area (TPSA) is 70.8 Å². The van der Waals surface area contributed by atoms with Crippen LogP contribution in [-0.4, -0.2) is 36.7 Å². The van der Waals surface area contributed by atoms with Crippen LogP contribution in [0.4, 0.5) is 0 Å². The molecule has 0 radical (unpaired) electrons. The number of aliphatic hydroxyl groups excluding tert-OH is 1. The third kappa shape index (κ3) is 4.03. The summed E-state index contributed by atoms with van der Waals surface area (Å²) >= 11 is 0. The molecule has 1 unspecified atom stereocenters. The van der Waals surface area contributed by atoms with Gasteiger partial charge in [-0.25, -0.2) is 8.42 Å². The molecule has 0 aliphatic carbocycles. The summed E-state index contributed by atoms with van der Waals surface area (Å²) in [5.41, 5.74) is 0. The highest BCUT2D eigenvalue weighted by atomic mass is 32.2. The Labute approximate surface area is 89.4 Å². The molecule has 6 heteroatoms.